The predicted molar refractivity (Wildman–Crippen MR) is 376 cm³/mol. The van der Waals surface area contributed by atoms with Gasteiger partial charge in [-0.3, -0.25) is 15.0 Å². The van der Waals surface area contributed by atoms with Gasteiger partial charge in [0.25, 0.3) is 0 Å². The zero-order chi connectivity index (χ0) is 67.0. The van der Waals surface area contributed by atoms with Crippen molar-refractivity contribution in [2.45, 2.75) is 0 Å². The highest BCUT2D eigenvalue weighted by molar-refractivity contribution is 5.97. The van der Waals surface area contributed by atoms with Gasteiger partial charge in [-0.25, -0.2) is 35.1 Å². The van der Waals surface area contributed by atoms with Crippen molar-refractivity contribution in [2.24, 2.45) is 0 Å². The SMILES string of the molecule is Fc1ccc(-c2ccc(-c3ccc(F)c(-c4ccccc4)c3F)nc2)c(-c2cc(-c3cc(F)ccc3-c3ccc(-c4ccc(F)c(-c5ccccc5)c4F)nc3)cc(-c3cc(F)ccc3-c3cnc(-c4ccc(F)c(-c5ccccc5)c4)cc3-c3ccc(-c4ccccc4)cc3)c2)c1. The lowest BCUT2D eigenvalue weighted by Crippen LogP contribution is -1.97. The molecule has 0 spiro atoms. The number of aromatic nitrogens is 3. The number of nitrogens with zero attached hydrogens (tertiary/aromatic N) is 3. The van der Waals surface area contributed by atoms with E-state index in [1.54, 1.807) is 140 Å². The third-order valence-electron chi connectivity index (χ3n) is 17.7. The van der Waals surface area contributed by atoms with Crippen molar-refractivity contribution >= 4 is 0 Å². The van der Waals surface area contributed by atoms with Crippen LogP contribution < -0.4 is 0 Å². The fourth-order valence-corrected chi connectivity index (χ4v) is 12.8. The third-order valence-corrected chi connectivity index (χ3v) is 17.7. The Morgan fingerprint density at radius 3 is 0.980 bits per heavy atom. The number of hydrogen-bond acceptors (Lipinski definition) is 3. The van der Waals surface area contributed by atoms with Crippen LogP contribution in [0.5, 0.6) is 0 Å². The molecule has 12 aromatic carbocycles. The Balaban J connectivity index is 0.909. The van der Waals surface area contributed by atoms with Gasteiger partial charge in [0.05, 0.1) is 28.2 Å². The lowest BCUT2D eigenvalue weighted by Gasteiger charge is -2.19. The number of pyridine rings is 3. The molecule has 0 fully saturated rings. The molecular weight excluding hydrogens is 1240 g/mol. The van der Waals surface area contributed by atoms with Crippen LogP contribution in [0.3, 0.4) is 0 Å². The molecule has 11 heteroatoms. The van der Waals surface area contributed by atoms with Crippen molar-refractivity contribution in [3.63, 3.8) is 0 Å². The summed E-state index contributed by atoms with van der Waals surface area (Å²) in [6, 6.07) is 80.7. The maximum Gasteiger partial charge on any atom is 0.143 e. The van der Waals surface area contributed by atoms with Crippen molar-refractivity contribution in [3.05, 3.63) is 356 Å². The first-order valence-electron chi connectivity index (χ1n) is 31.4. The molecule has 98 heavy (non-hydrogen) atoms. The minimum absolute atomic E-state index is 0.0553. The molecule has 0 atom stereocenters. The molecule has 0 aliphatic carbocycles. The summed E-state index contributed by atoms with van der Waals surface area (Å²) in [5.41, 5.74) is 11.9. The Morgan fingerprint density at radius 1 is 0.173 bits per heavy atom. The van der Waals surface area contributed by atoms with Crippen molar-refractivity contribution in [1.29, 1.82) is 0 Å². The smallest absolute Gasteiger partial charge is 0.143 e. The average Bonchev–Trinajstić information content (AvgIpc) is 0.761. The van der Waals surface area contributed by atoms with Crippen molar-refractivity contribution in [3.8, 4) is 156 Å². The lowest BCUT2D eigenvalue weighted by atomic mass is 9.85. The van der Waals surface area contributed by atoms with Crippen molar-refractivity contribution in [2.75, 3.05) is 0 Å². The van der Waals surface area contributed by atoms with Gasteiger partial charge in [-0.05, 0) is 204 Å². The molecule has 0 amide bonds. The molecule has 0 saturated carbocycles. The van der Waals surface area contributed by atoms with Gasteiger partial charge < -0.3 is 0 Å². The summed E-state index contributed by atoms with van der Waals surface area (Å²) in [7, 11) is 0. The van der Waals surface area contributed by atoms with Gasteiger partial charge in [-0.1, -0.05) is 176 Å². The van der Waals surface area contributed by atoms with Crippen LogP contribution in [0.25, 0.3) is 156 Å². The second-order valence-electron chi connectivity index (χ2n) is 23.7. The number of rotatable bonds is 14. The highest BCUT2D eigenvalue weighted by atomic mass is 19.2. The molecule has 3 heterocycles. The maximum absolute atomic E-state index is 16.6. The van der Waals surface area contributed by atoms with Crippen LogP contribution in [0.1, 0.15) is 0 Å². The number of benzene rings is 12. The van der Waals surface area contributed by atoms with Gasteiger partial charge in [-0.15, -0.1) is 0 Å². The molecule has 0 bridgehead atoms. The summed E-state index contributed by atoms with van der Waals surface area (Å²) in [5, 5.41) is 0. The van der Waals surface area contributed by atoms with Gasteiger partial charge >= 0.3 is 0 Å². The molecule has 0 unspecified atom stereocenters. The Kier molecular flexibility index (Phi) is 16.6. The number of hydrogen-bond donors (Lipinski definition) is 0. The molecule has 0 N–H and O–H groups in total. The number of halogens is 8. The molecule has 3 nitrogen and oxygen atoms in total. The Morgan fingerprint density at radius 2 is 0.520 bits per heavy atom. The Labute approximate surface area is 559 Å². The molecule has 0 radical (unpaired) electrons. The van der Waals surface area contributed by atoms with Gasteiger partial charge in [0.15, 0.2) is 0 Å². The Bertz CT molecular complexity index is 5290. The lowest BCUT2D eigenvalue weighted by molar-refractivity contribution is 0.591. The minimum Gasteiger partial charge on any atom is -0.256 e. The van der Waals surface area contributed by atoms with Gasteiger partial charge in [0, 0.05) is 57.5 Å². The second kappa shape index (κ2) is 26.4. The topological polar surface area (TPSA) is 38.7 Å². The monoisotopic (exact) mass is 1290 g/mol. The minimum atomic E-state index is -0.798. The van der Waals surface area contributed by atoms with Crippen LogP contribution >= 0.6 is 0 Å². The van der Waals surface area contributed by atoms with E-state index < -0.39 is 46.5 Å². The fourth-order valence-electron chi connectivity index (χ4n) is 12.8. The van der Waals surface area contributed by atoms with Crippen molar-refractivity contribution in [1.82, 2.24) is 15.0 Å². The average molecular weight is 1290 g/mol. The summed E-state index contributed by atoms with van der Waals surface area (Å²) in [4.78, 5) is 14.4. The van der Waals surface area contributed by atoms with Gasteiger partial charge in [-0.2, -0.15) is 0 Å². The molecule has 3 aromatic heterocycles. The van der Waals surface area contributed by atoms with Crippen LogP contribution in [0.4, 0.5) is 35.1 Å². The van der Waals surface area contributed by atoms with E-state index in [9.17, 15) is 0 Å². The van der Waals surface area contributed by atoms with Crippen molar-refractivity contribution < 1.29 is 35.1 Å². The van der Waals surface area contributed by atoms with Crippen LogP contribution in [0.15, 0.2) is 310 Å². The van der Waals surface area contributed by atoms with Crippen LogP contribution in [-0.4, -0.2) is 15.0 Å². The summed E-state index contributed by atoms with van der Waals surface area (Å²) in [6.07, 6.45) is 4.76. The van der Waals surface area contributed by atoms with E-state index in [-0.39, 0.29) is 33.6 Å². The van der Waals surface area contributed by atoms with Crippen LogP contribution in [0.2, 0.25) is 0 Å². The van der Waals surface area contributed by atoms with E-state index in [4.69, 9.17) is 15.0 Å². The third kappa shape index (κ3) is 12.1. The highest BCUT2D eigenvalue weighted by Crippen LogP contribution is 2.46. The molecule has 0 aliphatic rings. The highest BCUT2D eigenvalue weighted by Gasteiger charge is 2.24. The summed E-state index contributed by atoms with van der Waals surface area (Å²) < 4.78 is 128. The second-order valence-corrected chi connectivity index (χ2v) is 23.7. The largest absolute Gasteiger partial charge is 0.256 e. The summed E-state index contributed by atoms with van der Waals surface area (Å²) in [5.74, 6) is -5.28. The molecule has 15 aromatic rings. The Hall–Kier alpha value is -12.5. The molecular formula is C87H51F8N3. The maximum atomic E-state index is 16.6. The molecule has 15 rings (SSSR count). The normalized spacial score (nSPS) is 11.3. The van der Waals surface area contributed by atoms with E-state index >= 15 is 35.1 Å². The van der Waals surface area contributed by atoms with Gasteiger partial charge in [0.2, 0.25) is 0 Å². The predicted octanol–water partition coefficient (Wildman–Crippen LogP) is 24.3. The molecule has 470 valence electrons. The summed E-state index contributed by atoms with van der Waals surface area (Å²) in [6.45, 7) is 0. The van der Waals surface area contributed by atoms with E-state index in [0.29, 0.717) is 106 Å². The quantitative estimate of drug-likeness (QED) is 0.102. The van der Waals surface area contributed by atoms with Crippen LogP contribution in [0, 0.1) is 46.5 Å². The first-order valence-corrected chi connectivity index (χ1v) is 31.4. The van der Waals surface area contributed by atoms with E-state index in [2.05, 4.69) is 0 Å². The fraction of sp³-hybridized carbons (Fsp3) is 0. The van der Waals surface area contributed by atoms with E-state index in [1.807, 2.05) is 91.0 Å². The van der Waals surface area contributed by atoms with Crippen LogP contribution in [-0.2, 0) is 0 Å². The first-order chi connectivity index (χ1) is 47.9. The van der Waals surface area contributed by atoms with E-state index in [1.165, 1.54) is 79.1 Å². The zero-order valence-corrected chi connectivity index (χ0v) is 51.8. The van der Waals surface area contributed by atoms with E-state index in [0.717, 1.165) is 16.7 Å². The van der Waals surface area contributed by atoms with Gasteiger partial charge in [0.1, 0.15) is 46.5 Å². The molecule has 0 saturated heterocycles. The molecule has 0 aliphatic heterocycles. The zero-order valence-electron chi connectivity index (χ0n) is 51.8. The standard InChI is InChI=1S/C87H51F8N3/c88-64-28-31-67(59-26-39-81(96-49-59)70-34-37-79(92)84(86(70)94)56-17-9-3-10-18-56)72(45-64)61-41-62(73-46-65(89)29-32-68(73)60-27-40-82(97-50-60)71-35-38-80(93)85(87(71)95)57-19-11-4-12-20-57)43-63(42-61)74-47-66(90)30-33-69(74)77-51-98-83(58-25-36-78(91)76(44-58)54-15-7-2-8-16-54)48-75(77)55-23-21-53(22-24-55)52-13-5-1-6-14-52/h1-51H. The first kappa shape index (κ1) is 61.7. The summed E-state index contributed by atoms with van der Waals surface area (Å²) >= 11 is 0.